The van der Waals surface area contributed by atoms with E-state index < -0.39 is 0 Å². The quantitative estimate of drug-likeness (QED) is 0.918. The lowest BCUT2D eigenvalue weighted by molar-refractivity contribution is 0.512. The van der Waals surface area contributed by atoms with Crippen LogP contribution in [0.5, 0.6) is 0 Å². The van der Waals surface area contributed by atoms with Crippen LogP contribution < -0.4 is 11.3 Å². The van der Waals surface area contributed by atoms with Crippen molar-refractivity contribution in [3.8, 4) is 5.69 Å². The number of anilines is 1. The highest BCUT2D eigenvalue weighted by atomic mass is 35.5. The molecule has 2 aromatic rings. The predicted molar refractivity (Wildman–Crippen MR) is 88.5 cm³/mol. The van der Waals surface area contributed by atoms with Gasteiger partial charge >= 0.3 is 0 Å². The van der Waals surface area contributed by atoms with Crippen molar-refractivity contribution in [3.63, 3.8) is 0 Å². The molecule has 1 heterocycles. The molecule has 5 heteroatoms. The first-order chi connectivity index (χ1) is 10.0. The van der Waals surface area contributed by atoms with E-state index in [9.17, 15) is 4.79 Å². The summed E-state index contributed by atoms with van der Waals surface area (Å²) in [6.07, 6.45) is 2.68. The molecule has 0 saturated heterocycles. The maximum atomic E-state index is 12.5. The molecule has 1 aromatic heterocycles. The second-order valence-electron chi connectivity index (χ2n) is 5.28. The van der Waals surface area contributed by atoms with Crippen LogP contribution in [0.15, 0.2) is 23.0 Å². The van der Waals surface area contributed by atoms with Gasteiger partial charge in [-0.1, -0.05) is 37.9 Å². The van der Waals surface area contributed by atoms with E-state index in [1.54, 1.807) is 4.68 Å². The number of aryl methyl sites for hydroxylation is 1. The molecule has 4 nitrogen and oxygen atoms in total. The number of nitrogens with zero attached hydrogens (tertiary/aromatic N) is 2. The number of nitrogens with two attached hydrogens (primary N) is 1. The molecular weight excluding hydrogens is 286 g/mol. The van der Waals surface area contributed by atoms with Gasteiger partial charge in [0, 0.05) is 11.6 Å². The summed E-state index contributed by atoms with van der Waals surface area (Å²) in [5, 5.41) is 0.652. The molecule has 0 bridgehead atoms. The van der Waals surface area contributed by atoms with Gasteiger partial charge < -0.3 is 5.73 Å². The highest BCUT2D eigenvalue weighted by molar-refractivity contribution is 6.31. The van der Waals surface area contributed by atoms with Gasteiger partial charge in [-0.15, -0.1) is 0 Å². The van der Waals surface area contributed by atoms with Gasteiger partial charge in [0.15, 0.2) is 0 Å². The largest absolute Gasteiger partial charge is 0.393 e. The summed E-state index contributed by atoms with van der Waals surface area (Å²) in [5.41, 5.74) is 8.90. The van der Waals surface area contributed by atoms with Crippen molar-refractivity contribution < 1.29 is 0 Å². The predicted octanol–water partition coefficient (Wildman–Crippen LogP) is 3.55. The zero-order chi connectivity index (χ0) is 15.6. The number of aromatic nitrogens is 2. The van der Waals surface area contributed by atoms with Crippen molar-refractivity contribution in [2.45, 2.75) is 46.6 Å². The third-order valence-corrected chi connectivity index (χ3v) is 4.02. The Morgan fingerprint density at radius 1 is 1.24 bits per heavy atom. The monoisotopic (exact) mass is 307 g/mol. The van der Waals surface area contributed by atoms with Gasteiger partial charge in [0.05, 0.1) is 11.4 Å². The molecule has 2 N–H and O–H groups in total. The Bertz CT molecular complexity index is 700. The summed E-state index contributed by atoms with van der Waals surface area (Å²) in [4.78, 5) is 12.5. The highest BCUT2D eigenvalue weighted by Crippen LogP contribution is 2.21. The van der Waals surface area contributed by atoms with Gasteiger partial charge in [0.25, 0.3) is 5.56 Å². The van der Waals surface area contributed by atoms with Crippen LogP contribution in [-0.4, -0.2) is 9.36 Å². The standard InChI is InChI=1S/C16H22ClN3O/c1-4-6-14-15(18)16(21)20(19(14)9-5-2)12-8-7-11(3)13(17)10-12/h7-8,10H,4-6,9,18H2,1-3H3. The first kappa shape index (κ1) is 15.7. The van der Waals surface area contributed by atoms with E-state index in [1.807, 2.05) is 29.8 Å². The van der Waals surface area contributed by atoms with Gasteiger partial charge in [-0.25, -0.2) is 4.68 Å². The number of benzene rings is 1. The van der Waals surface area contributed by atoms with Crippen molar-refractivity contribution >= 4 is 17.3 Å². The molecule has 1 aromatic carbocycles. The second kappa shape index (κ2) is 6.39. The van der Waals surface area contributed by atoms with Gasteiger partial charge in [0.1, 0.15) is 5.69 Å². The number of halogens is 1. The summed E-state index contributed by atoms with van der Waals surface area (Å²) in [6, 6.07) is 5.65. The highest BCUT2D eigenvalue weighted by Gasteiger charge is 2.18. The minimum absolute atomic E-state index is 0.160. The molecule has 0 aliphatic carbocycles. The Morgan fingerprint density at radius 2 is 1.95 bits per heavy atom. The summed E-state index contributed by atoms with van der Waals surface area (Å²) in [5.74, 6) is 0. The lowest BCUT2D eigenvalue weighted by Crippen LogP contribution is -2.22. The molecule has 0 aliphatic rings. The fraction of sp³-hybridized carbons (Fsp3) is 0.438. The number of nitrogen functional groups attached to an aromatic ring is 1. The van der Waals surface area contributed by atoms with Crippen molar-refractivity contribution in [1.82, 2.24) is 9.36 Å². The van der Waals surface area contributed by atoms with Crippen LogP contribution in [0, 0.1) is 6.92 Å². The molecule has 0 saturated carbocycles. The summed E-state index contributed by atoms with van der Waals surface area (Å²) in [6.45, 7) is 6.87. The Kier molecular flexibility index (Phi) is 4.78. The fourth-order valence-electron chi connectivity index (χ4n) is 2.52. The van der Waals surface area contributed by atoms with Gasteiger partial charge in [-0.3, -0.25) is 9.48 Å². The van der Waals surface area contributed by atoms with Crippen LogP contribution >= 0.6 is 11.6 Å². The first-order valence-corrected chi connectivity index (χ1v) is 7.75. The smallest absolute Gasteiger partial charge is 0.294 e. The van der Waals surface area contributed by atoms with Crippen molar-refractivity contribution in [2.75, 3.05) is 5.73 Å². The molecule has 0 fully saturated rings. The zero-order valence-electron chi connectivity index (χ0n) is 12.8. The van der Waals surface area contributed by atoms with E-state index in [1.165, 1.54) is 0 Å². The SMILES string of the molecule is CCCc1c(N)c(=O)n(-c2ccc(C)c(Cl)c2)n1CCC. The Morgan fingerprint density at radius 3 is 2.52 bits per heavy atom. The molecule has 21 heavy (non-hydrogen) atoms. The number of rotatable bonds is 5. The third kappa shape index (κ3) is 2.86. The van der Waals surface area contributed by atoms with Crippen LogP contribution in [0.3, 0.4) is 0 Å². The van der Waals surface area contributed by atoms with Gasteiger partial charge in [-0.2, -0.15) is 0 Å². The Hall–Kier alpha value is -1.68. The average Bonchev–Trinajstić information content (AvgIpc) is 2.68. The number of hydrogen-bond donors (Lipinski definition) is 1. The minimum atomic E-state index is -0.160. The molecule has 0 spiro atoms. The van der Waals surface area contributed by atoms with E-state index in [2.05, 4.69) is 13.8 Å². The molecule has 0 radical (unpaired) electrons. The maximum Gasteiger partial charge on any atom is 0.294 e. The average molecular weight is 308 g/mol. The van der Waals surface area contributed by atoms with E-state index in [0.717, 1.165) is 42.8 Å². The van der Waals surface area contributed by atoms with Crippen LogP contribution in [0.4, 0.5) is 5.69 Å². The Labute approximate surface area is 130 Å². The molecular formula is C16H22ClN3O. The van der Waals surface area contributed by atoms with Gasteiger partial charge in [-0.05, 0) is 37.5 Å². The third-order valence-electron chi connectivity index (χ3n) is 3.61. The van der Waals surface area contributed by atoms with E-state index in [-0.39, 0.29) is 5.56 Å². The fourth-order valence-corrected chi connectivity index (χ4v) is 2.70. The first-order valence-electron chi connectivity index (χ1n) is 7.37. The van der Waals surface area contributed by atoms with E-state index >= 15 is 0 Å². The second-order valence-corrected chi connectivity index (χ2v) is 5.69. The van der Waals surface area contributed by atoms with Crippen LogP contribution in [0.1, 0.15) is 37.9 Å². The molecule has 0 amide bonds. The summed E-state index contributed by atoms with van der Waals surface area (Å²) >= 11 is 6.20. The molecule has 2 rings (SSSR count). The van der Waals surface area contributed by atoms with Crippen molar-refractivity contribution in [1.29, 1.82) is 0 Å². The molecule has 0 unspecified atom stereocenters. The molecule has 114 valence electrons. The summed E-state index contributed by atoms with van der Waals surface area (Å²) in [7, 11) is 0. The minimum Gasteiger partial charge on any atom is -0.393 e. The van der Waals surface area contributed by atoms with E-state index in [4.69, 9.17) is 17.3 Å². The van der Waals surface area contributed by atoms with Crippen molar-refractivity contribution in [3.05, 3.63) is 44.8 Å². The zero-order valence-corrected chi connectivity index (χ0v) is 13.6. The van der Waals surface area contributed by atoms with E-state index in [0.29, 0.717) is 10.7 Å². The van der Waals surface area contributed by atoms with Crippen LogP contribution in [-0.2, 0) is 13.0 Å². The lowest BCUT2D eigenvalue weighted by atomic mass is 10.2. The number of hydrogen-bond acceptors (Lipinski definition) is 2. The summed E-state index contributed by atoms with van der Waals surface area (Å²) < 4.78 is 3.64. The topological polar surface area (TPSA) is 53.0 Å². The Balaban J connectivity index is 2.69. The molecule has 0 aliphatic heterocycles. The van der Waals surface area contributed by atoms with Crippen molar-refractivity contribution in [2.24, 2.45) is 0 Å². The normalized spacial score (nSPS) is 11.0. The maximum absolute atomic E-state index is 12.5. The lowest BCUT2D eigenvalue weighted by Gasteiger charge is -2.14. The molecule has 0 atom stereocenters. The van der Waals surface area contributed by atoms with Gasteiger partial charge in [0.2, 0.25) is 0 Å². The van der Waals surface area contributed by atoms with Crippen LogP contribution in [0.2, 0.25) is 5.02 Å². The van der Waals surface area contributed by atoms with Crippen LogP contribution in [0.25, 0.3) is 5.69 Å².